The zero-order valence-corrected chi connectivity index (χ0v) is 11.5. The van der Waals surface area contributed by atoms with Gasteiger partial charge in [-0.3, -0.25) is 4.79 Å². The lowest BCUT2D eigenvalue weighted by molar-refractivity contribution is -0.284. The molecular formula is C15H22O3. The molecule has 0 amide bonds. The third-order valence-corrected chi connectivity index (χ3v) is 4.07. The Labute approximate surface area is 109 Å². The summed E-state index contributed by atoms with van der Waals surface area (Å²) >= 11 is 0. The van der Waals surface area contributed by atoms with Crippen molar-refractivity contribution in [3.63, 3.8) is 0 Å². The summed E-state index contributed by atoms with van der Waals surface area (Å²) in [6.07, 6.45) is 4.46. The minimum Gasteiger partial charge on any atom is -0.350 e. The van der Waals surface area contributed by atoms with Crippen LogP contribution in [0.15, 0.2) is 23.8 Å². The lowest BCUT2D eigenvalue weighted by atomic mass is 9.86. The van der Waals surface area contributed by atoms with Crippen molar-refractivity contribution in [2.45, 2.75) is 39.4 Å². The van der Waals surface area contributed by atoms with Crippen molar-refractivity contribution in [3.05, 3.63) is 23.8 Å². The van der Waals surface area contributed by atoms with E-state index in [9.17, 15) is 4.79 Å². The van der Waals surface area contributed by atoms with Crippen LogP contribution in [0.3, 0.4) is 0 Å². The number of carbonyl (C=O) groups is 1. The Balaban J connectivity index is 2.19. The third kappa shape index (κ3) is 2.43. The first kappa shape index (κ1) is 13.5. The molecule has 1 saturated carbocycles. The quantitative estimate of drug-likeness (QED) is 0.558. The average Bonchev–Trinajstić information content (AvgIpc) is 2.64. The van der Waals surface area contributed by atoms with Gasteiger partial charge < -0.3 is 9.47 Å². The Hall–Kier alpha value is -0.930. The number of hydrogen-bond acceptors (Lipinski definition) is 3. The number of hydrogen-bond donors (Lipinski definition) is 0. The molecule has 1 aliphatic heterocycles. The van der Waals surface area contributed by atoms with E-state index in [-0.39, 0.29) is 5.41 Å². The van der Waals surface area contributed by atoms with Gasteiger partial charge in [-0.05, 0) is 32.6 Å². The van der Waals surface area contributed by atoms with E-state index in [0.717, 1.165) is 24.7 Å². The molecule has 1 saturated heterocycles. The van der Waals surface area contributed by atoms with E-state index in [2.05, 4.69) is 13.5 Å². The lowest BCUT2D eigenvalue weighted by Crippen LogP contribution is -2.45. The van der Waals surface area contributed by atoms with E-state index >= 15 is 0 Å². The molecule has 0 radical (unpaired) electrons. The predicted octanol–water partition coefficient (Wildman–Crippen LogP) is 2.87. The van der Waals surface area contributed by atoms with Gasteiger partial charge in [0.25, 0.3) is 0 Å². The second-order valence-corrected chi connectivity index (χ2v) is 6.06. The summed E-state index contributed by atoms with van der Waals surface area (Å²) in [6.45, 7) is 11.2. The summed E-state index contributed by atoms with van der Waals surface area (Å²) in [5, 5.41) is 0. The van der Waals surface area contributed by atoms with Gasteiger partial charge in [0.05, 0.1) is 13.2 Å². The van der Waals surface area contributed by atoms with Crippen LogP contribution in [0.25, 0.3) is 0 Å². The molecule has 2 fully saturated rings. The van der Waals surface area contributed by atoms with Crippen molar-refractivity contribution in [1.29, 1.82) is 0 Å². The average molecular weight is 250 g/mol. The number of aldehydes is 1. The van der Waals surface area contributed by atoms with Gasteiger partial charge in [0.1, 0.15) is 6.29 Å². The normalized spacial score (nSPS) is 32.3. The Morgan fingerprint density at radius 1 is 1.39 bits per heavy atom. The summed E-state index contributed by atoms with van der Waals surface area (Å²) in [4.78, 5) is 11.1. The molecule has 1 aliphatic carbocycles. The first-order valence-corrected chi connectivity index (χ1v) is 6.50. The maximum Gasteiger partial charge on any atom is 0.162 e. The Morgan fingerprint density at radius 2 is 2.00 bits per heavy atom. The molecule has 3 heteroatoms. The second kappa shape index (κ2) is 4.63. The van der Waals surface area contributed by atoms with Gasteiger partial charge in [0.15, 0.2) is 5.79 Å². The van der Waals surface area contributed by atoms with Crippen LogP contribution >= 0.6 is 0 Å². The Kier molecular flexibility index (Phi) is 3.47. The Morgan fingerprint density at radius 3 is 2.50 bits per heavy atom. The second-order valence-electron chi connectivity index (χ2n) is 6.06. The molecular weight excluding hydrogens is 228 g/mol. The number of carbonyl (C=O) groups excluding carboxylic acids is 1. The van der Waals surface area contributed by atoms with Crippen molar-refractivity contribution < 1.29 is 14.3 Å². The summed E-state index contributed by atoms with van der Waals surface area (Å²) in [6, 6.07) is 0. The van der Waals surface area contributed by atoms with Gasteiger partial charge in [-0.25, -0.2) is 0 Å². The monoisotopic (exact) mass is 250 g/mol. The zero-order chi connectivity index (χ0) is 13.4. The highest BCUT2D eigenvalue weighted by molar-refractivity contribution is 5.79. The van der Waals surface area contributed by atoms with Crippen LogP contribution < -0.4 is 0 Å². The van der Waals surface area contributed by atoms with Crippen LogP contribution in [0.5, 0.6) is 0 Å². The van der Waals surface area contributed by atoms with Crippen molar-refractivity contribution in [3.8, 4) is 0 Å². The van der Waals surface area contributed by atoms with Crippen LogP contribution in [0, 0.1) is 11.3 Å². The van der Waals surface area contributed by atoms with Crippen molar-refractivity contribution in [2.75, 3.05) is 13.2 Å². The highest BCUT2D eigenvalue weighted by Gasteiger charge is 2.46. The van der Waals surface area contributed by atoms with E-state index in [1.54, 1.807) is 6.08 Å². The van der Waals surface area contributed by atoms with Crippen molar-refractivity contribution >= 4 is 6.29 Å². The van der Waals surface area contributed by atoms with Crippen LogP contribution in [0.1, 0.15) is 33.6 Å². The van der Waals surface area contributed by atoms with E-state index in [4.69, 9.17) is 9.47 Å². The molecule has 1 unspecified atom stereocenters. The summed E-state index contributed by atoms with van der Waals surface area (Å²) in [7, 11) is 0. The maximum absolute atomic E-state index is 11.1. The lowest BCUT2D eigenvalue weighted by Gasteiger charge is -2.41. The van der Waals surface area contributed by atoms with E-state index < -0.39 is 5.79 Å². The third-order valence-electron chi connectivity index (χ3n) is 4.07. The summed E-state index contributed by atoms with van der Waals surface area (Å²) in [5.41, 5.74) is 1.98. The summed E-state index contributed by atoms with van der Waals surface area (Å²) < 4.78 is 11.6. The molecule has 0 aromatic rings. The fraction of sp³-hybridized carbons (Fsp3) is 0.667. The molecule has 0 bridgehead atoms. The van der Waals surface area contributed by atoms with Crippen LogP contribution in [0.2, 0.25) is 0 Å². The van der Waals surface area contributed by atoms with Gasteiger partial charge in [-0.15, -0.1) is 0 Å². The standard InChI is InChI=1S/C15H22O3/c1-5-12(8-16)13-7-15(6-11(13)2)9-17-14(3,4)18-10-15/h5,8,11H,1,6-7,9-10H2,2-4H3/b13-12-. The molecule has 3 nitrogen and oxygen atoms in total. The highest BCUT2D eigenvalue weighted by Crippen LogP contribution is 2.49. The highest BCUT2D eigenvalue weighted by atomic mass is 16.7. The largest absolute Gasteiger partial charge is 0.350 e. The van der Waals surface area contributed by atoms with Gasteiger partial charge in [-0.1, -0.05) is 25.2 Å². The van der Waals surface area contributed by atoms with E-state index in [1.807, 2.05) is 13.8 Å². The molecule has 2 rings (SSSR count). The van der Waals surface area contributed by atoms with Crippen LogP contribution in [0.4, 0.5) is 0 Å². The number of rotatable bonds is 2. The number of allylic oxidation sites excluding steroid dienone is 3. The maximum atomic E-state index is 11.1. The van der Waals surface area contributed by atoms with Crippen molar-refractivity contribution in [2.24, 2.45) is 11.3 Å². The predicted molar refractivity (Wildman–Crippen MR) is 70.1 cm³/mol. The molecule has 1 spiro atoms. The molecule has 0 aromatic heterocycles. The molecule has 18 heavy (non-hydrogen) atoms. The van der Waals surface area contributed by atoms with Gasteiger partial charge >= 0.3 is 0 Å². The van der Waals surface area contributed by atoms with Gasteiger partial charge in [-0.2, -0.15) is 0 Å². The zero-order valence-electron chi connectivity index (χ0n) is 11.5. The molecule has 2 aliphatic rings. The van der Waals surface area contributed by atoms with Crippen molar-refractivity contribution in [1.82, 2.24) is 0 Å². The molecule has 0 aromatic carbocycles. The SMILES string of the molecule is C=C/C(C=O)=C1\CC2(COC(C)(C)OC2)CC1C. The molecule has 1 atom stereocenters. The fourth-order valence-electron chi connectivity index (χ4n) is 3.02. The van der Waals surface area contributed by atoms with Gasteiger partial charge in [0.2, 0.25) is 0 Å². The van der Waals surface area contributed by atoms with E-state index in [0.29, 0.717) is 19.1 Å². The first-order chi connectivity index (χ1) is 8.41. The summed E-state index contributed by atoms with van der Waals surface area (Å²) in [5.74, 6) is -0.0796. The Bertz CT molecular complexity index is 373. The molecule has 100 valence electrons. The minimum atomic E-state index is -0.479. The molecule has 0 N–H and O–H groups in total. The smallest absolute Gasteiger partial charge is 0.162 e. The van der Waals surface area contributed by atoms with E-state index in [1.165, 1.54) is 5.57 Å². The molecule has 1 heterocycles. The van der Waals surface area contributed by atoms with Gasteiger partial charge in [0, 0.05) is 11.0 Å². The van der Waals surface area contributed by atoms with Crippen LogP contribution in [-0.4, -0.2) is 25.3 Å². The van der Waals surface area contributed by atoms with Crippen LogP contribution in [-0.2, 0) is 14.3 Å². The fourth-order valence-corrected chi connectivity index (χ4v) is 3.02. The minimum absolute atomic E-state index is 0.0432. The number of ether oxygens (including phenoxy) is 2. The topological polar surface area (TPSA) is 35.5 Å². The first-order valence-electron chi connectivity index (χ1n) is 6.50.